The number of rotatable bonds is 6. The van der Waals surface area contributed by atoms with Gasteiger partial charge in [-0.05, 0) is 45.5 Å². The Morgan fingerprint density at radius 3 is 3.00 bits per heavy atom. The van der Waals surface area contributed by atoms with Crippen LogP contribution in [0.2, 0.25) is 5.02 Å². The van der Waals surface area contributed by atoms with E-state index >= 15 is 0 Å². The number of hydrogen-bond donors (Lipinski definition) is 2. The summed E-state index contributed by atoms with van der Waals surface area (Å²) in [5.74, 6) is 1.27. The number of fused-ring (bicyclic) bond motifs is 1. The maximum Gasteiger partial charge on any atom is 0.237 e. The van der Waals surface area contributed by atoms with Crippen molar-refractivity contribution < 1.29 is 14.1 Å². The number of H-pyrrole nitrogens is 1. The number of aryl methyl sites for hydroxylation is 1. The van der Waals surface area contributed by atoms with Crippen molar-refractivity contribution in [3.05, 3.63) is 46.4 Å². The number of likely N-dealkylation sites (N-methyl/N-ethyl adjacent to an activating group) is 1. The number of ether oxygens (including phenoxy) is 1. The fourth-order valence-electron chi connectivity index (χ4n) is 3.57. The van der Waals surface area contributed by atoms with Crippen LogP contribution in [-0.4, -0.2) is 40.6 Å². The molecule has 1 aliphatic rings. The zero-order valence-corrected chi connectivity index (χ0v) is 16.7. The smallest absolute Gasteiger partial charge is 0.237 e. The molecule has 8 heteroatoms. The van der Waals surface area contributed by atoms with Crippen LogP contribution in [0.15, 0.2) is 28.8 Å². The first-order valence-electron chi connectivity index (χ1n) is 9.33. The molecule has 4 rings (SSSR count). The van der Waals surface area contributed by atoms with Crippen molar-refractivity contribution in [1.82, 2.24) is 20.4 Å². The number of benzene rings is 1. The van der Waals surface area contributed by atoms with E-state index in [1.54, 1.807) is 0 Å². The summed E-state index contributed by atoms with van der Waals surface area (Å²) in [7, 11) is 1.99. The highest BCUT2D eigenvalue weighted by Crippen LogP contribution is 2.31. The van der Waals surface area contributed by atoms with Gasteiger partial charge in [-0.25, -0.2) is 0 Å². The van der Waals surface area contributed by atoms with Gasteiger partial charge < -0.3 is 19.6 Å². The summed E-state index contributed by atoms with van der Waals surface area (Å²) in [6.07, 6.45) is 1.98. The number of halogens is 1. The van der Waals surface area contributed by atoms with Gasteiger partial charge in [-0.1, -0.05) is 16.8 Å². The standard InChI is InChI=1S/C20H23ClN4O3/c1-12-6-15(28-24-12)11-27-19-9-17-13(8-16(19)21)7-14(23-17)10-22-20(26)18-4-3-5-25(18)2/h6-9,18,23H,3-5,10-11H2,1-2H3,(H,22,26)/t18-/m1/s1. The minimum Gasteiger partial charge on any atom is -0.484 e. The van der Waals surface area contributed by atoms with Gasteiger partial charge in [0.05, 0.1) is 23.3 Å². The number of nitrogens with one attached hydrogen (secondary N) is 2. The van der Waals surface area contributed by atoms with Crippen molar-refractivity contribution in [3.8, 4) is 5.75 Å². The van der Waals surface area contributed by atoms with Crippen molar-refractivity contribution in [1.29, 1.82) is 0 Å². The number of aromatic nitrogens is 2. The van der Waals surface area contributed by atoms with Crippen LogP contribution in [0.3, 0.4) is 0 Å². The summed E-state index contributed by atoms with van der Waals surface area (Å²) in [5, 5.41) is 8.34. The quantitative estimate of drug-likeness (QED) is 0.660. The molecule has 7 nitrogen and oxygen atoms in total. The Hall–Kier alpha value is -2.51. The topological polar surface area (TPSA) is 83.4 Å². The van der Waals surface area contributed by atoms with Gasteiger partial charge in [0.25, 0.3) is 0 Å². The summed E-state index contributed by atoms with van der Waals surface area (Å²) in [4.78, 5) is 17.8. The van der Waals surface area contributed by atoms with Gasteiger partial charge in [-0.2, -0.15) is 0 Å². The minimum absolute atomic E-state index is 0.0291. The third-order valence-electron chi connectivity index (χ3n) is 5.05. The lowest BCUT2D eigenvalue weighted by Crippen LogP contribution is -2.41. The van der Waals surface area contributed by atoms with Crippen LogP contribution in [0.1, 0.15) is 30.0 Å². The monoisotopic (exact) mass is 402 g/mol. The van der Waals surface area contributed by atoms with Gasteiger partial charge in [0.1, 0.15) is 12.4 Å². The van der Waals surface area contributed by atoms with E-state index in [2.05, 4.69) is 20.4 Å². The second-order valence-electron chi connectivity index (χ2n) is 7.24. The number of aromatic amines is 1. The molecule has 1 saturated heterocycles. The number of carbonyl (C=O) groups excluding carboxylic acids is 1. The summed E-state index contributed by atoms with van der Waals surface area (Å²) in [6.45, 7) is 3.53. The molecule has 0 aliphatic carbocycles. The Kier molecular flexibility index (Phi) is 5.28. The van der Waals surface area contributed by atoms with Crippen molar-refractivity contribution >= 4 is 28.4 Å². The van der Waals surface area contributed by atoms with Crippen molar-refractivity contribution in [2.75, 3.05) is 13.6 Å². The molecule has 2 aromatic heterocycles. The average molecular weight is 403 g/mol. The van der Waals surface area contributed by atoms with Crippen molar-refractivity contribution in [3.63, 3.8) is 0 Å². The van der Waals surface area contributed by atoms with Crippen LogP contribution in [0, 0.1) is 6.92 Å². The third kappa shape index (κ3) is 4.00. The van der Waals surface area contributed by atoms with Crippen molar-refractivity contribution in [2.45, 2.75) is 39.0 Å². The molecular formula is C20H23ClN4O3. The summed E-state index contributed by atoms with van der Waals surface area (Å²) in [5.41, 5.74) is 2.62. The zero-order valence-electron chi connectivity index (χ0n) is 15.9. The molecule has 1 atom stereocenters. The molecule has 0 bridgehead atoms. The van der Waals surface area contributed by atoms with Gasteiger partial charge in [-0.3, -0.25) is 9.69 Å². The maximum absolute atomic E-state index is 12.4. The first-order valence-corrected chi connectivity index (χ1v) is 9.71. The molecule has 1 aliphatic heterocycles. The molecule has 1 fully saturated rings. The lowest BCUT2D eigenvalue weighted by molar-refractivity contribution is -0.125. The van der Waals surface area contributed by atoms with E-state index in [4.69, 9.17) is 20.9 Å². The molecule has 2 N–H and O–H groups in total. The van der Waals surface area contributed by atoms with E-state index in [9.17, 15) is 4.79 Å². The van der Waals surface area contributed by atoms with E-state index in [1.165, 1.54) is 0 Å². The molecule has 1 aromatic carbocycles. The molecule has 0 saturated carbocycles. The van der Waals surface area contributed by atoms with Gasteiger partial charge in [0.2, 0.25) is 5.91 Å². The van der Waals surface area contributed by atoms with Crippen LogP contribution in [-0.2, 0) is 17.9 Å². The van der Waals surface area contributed by atoms with Gasteiger partial charge in [0.15, 0.2) is 5.76 Å². The van der Waals surface area contributed by atoms with Crippen LogP contribution in [0.25, 0.3) is 10.9 Å². The Morgan fingerprint density at radius 2 is 2.29 bits per heavy atom. The number of likely N-dealkylation sites (tertiary alicyclic amines) is 1. The second-order valence-corrected chi connectivity index (χ2v) is 7.65. The summed E-state index contributed by atoms with van der Waals surface area (Å²) < 4.78 is 10.9. The van der Waals surface area contributed by atoms with E-state index in [-0.39, 0.29) is 18.6 Å². The van der Waals surface area contributed by atoms with Crippen LogP contribution in [0.4, 0.5) is 0 Å². The Bertz CT molecular complexity index is 997. The van der Waals surface area contributed by atoms with Crippen LogP contribution >= 0.6 is 11.6 Å². The first kappa shape index (κ1) is 18.8. The fraction of sp³-hybridized carbons (Fsp3) is 0.400. The lowest BCUT2D eigenvalue weighted by atomic mass is 10.2. The van der Waals surface area contributed by atoms with Crippen molar-refractivity contribution in [2.24, 2.45) is 0 Å². The largest absolute Gasteiger partial charge is 0.484 e. The lowest BCUT2D eigenvalue weighted by Gasteiger charge is -2.18. The summed E-state index contributed by atoms with van der Waals surface area (Å²) >= 11 is 6.35. The highest BCUT2D eigenvalue weighted by atomic mass is 35.5. The number of nitrogens with zero attached hydrogens (tertiary/aromatic N) is 2. The molecule has 28 heavy (non-hydrogen) atoms. The van der Waals surface area contributed by atoms with Crippen LogP contribution < -0.4 is 10.1 Å². The van der Waals surface area contributed by atoms with Crippen LogP contribution in [0.5, 0.6) is 5.75 Å². The molecule has 3 aromatic rings. The molecule has 148 valence electrons. The Morgan fingerprint density at radius 1 is 1.43 bits per heavy atom. The van der Waals surface area contributed by atoms with E-state index in [0.29, 0.717) is 23.1 Å². The molecule has 0 spiro atoms. The fourth-order valence-corrected chi connectivity index (χ4v) is 3.80. The minimum atomic E-state index is -0.0291. The molecule has 0 unspecified atom stereocenters. The van der Waals surface area contributed by atoms with Gasteiger partial charge >= 0.3 is 0 Å². The molecule has 3 heterocycles. The van der Waals surface area contributed by atoms with Gasteiger partial charge in [-0.15, -0.1) is 0 Å². The Labute approximate surface area is 168 Å². The summed E-state index contributed by atoms with van der Waals surface area (Å²) in [6, 6.07) is 7.49. The SMILES string of the molecule is Cc1cc(COc2cc3[nH]c(CNC(=O)[C@H]4CCCN4C)cc3cc2Cl)on1. The first-order chi connectivity index (χ1) is 13.5. The highest BCUT2D eigenvalue weighted by molar-refractivity contribution is 6.32. The highest BCUT2D eigenvalue weighted by Gasteiger charge is 2.27. The van der Waals surface area contributed by atoms with E-state index in [1.807, 2.05) is 38.2 Å². The van der Waals surface area contributed by atoms with Gasteiger partial charge in [0, 0.05) is 28.7 Å². The molecular weight excluding hydrogens is 380 g/mol. The second kappa shape index (κ2) is 7.85. The van der Waals surface area contributed by atoms with E-state index in [0.717, 1.165) is 41.7 Å². The number of amides is 1. The number of carbonyl (C=O) groups is 1. The number of hydrogen-bond acceptors (Lipinski definition) is 5. The normalized spacial score (nSPS) is 17.3. The molecule has 1 amide bonds. The average Bonchev–Trinajstić information content (AvgIpc) is 3.37. The maximum atomic E-state index is 12.4. The predicted octanol–water partition coefficient (Wildman–Crippen LogP) is 3.41. The third-order valence-corrected chi connectivity index (χ3v) is 5.35. The van der Waals surface area contributed by atoms with E-state index < -0.39 is 0 Å². The Balaban J connectivity index is 1.42. The zero-order chi connectivity index (χ0) is 19.7. The predicted molar refractivity (Wildman–Crippen MR) is 106 cm³/mol. The molecule has 0 radical (unpaired) electrons.